The van der Waals surface area contributed by atoms with Crippen molar-refractivity contribution in [1.29, 1.82) is 0 Å². The van der Waals surface area contributed by atoms with Crippen molar-refractivity contribution in [3.63, 3.8) is 0 Å². The number of aryl methyl sites for hydroxylation is 1. The van der Waals surface area contributed by atoms with Gasteiger partial charge in [0.15, 0.2) is 0 Å². The molecule has 2 heteroatoms. The van der Waals surface area contributed by atoms with E-state index in [4.69, 9.17) is 4.74 Å². The van der Waals surface area contributed by atoms with Gasteiger partial charge in [-0.3, -0.25) is 0 Å². The van der Waals surface area contributed by atoms with E-state index in [0.717, 1.165) is 12.2 Å². The van der Waals surface area contributed by atoms with Gasteiger partial charge in [0.05, 0.1) is 11.4 Å². The van der Waals surface area contributed by atoms with Crippen LogP contribution in [0.1, 0.15) is 39.9 Å². The molecule has 1 nitrogen and oxygen atoms in total. The highest BCUT2D eigenvalue weighted by Gasteiger charge is 2.33. The van der Waals surface area contributed by atoms with Gasteiger partial charge in [-0.1, -0.05) is 57.9 Å². The second-order valence-corrected chi connectivity index (χ2v) is 6.37. The van der Waals surface area contributed by atoms with E-state index in [1.54, 1.807) is 0 Å². The monoisotopic (exact) mass is 330 g/mol. The molecule has 0 radical (unpaired) electrons. The number of ether oxygens (including phenoxy) is 1. The van der Waals surface area contributed by atoms with Crippen LogP contribution < -0.4 is 4.74 Å². The van der Waals surface area contributed by atoms with E-state index < -0.39 is 0 Å². The van der Waals surface area contributed by atoms with Gasteiger partial charge in [0, 0.05) is 11.5 Å². The minimum absolute atomic E-state index is 0.318. The largest absolute Gasteiger partial charge is 0.494 e. The Morgan fingerprint density at radius 2 is 2.05 bits per heavy atom. The molecule has 20 heavy (non-hydrogen) atoms. The first kappa shape index (κ1) is 13.7. The van der Waals surface area contributed by atoms with E-state index in [1.807, 2.05) is 6.92 Å². The molecule has 3 rings (SSSR count). The lowest BCUT2D eigenvalue weighted by Gasteiger charge is -2.34. The fourth-order valence-corrected chi connectivity index (χ4v) is 3.78. The first-order valence-electron chi connectivity index (χ1n) is 7.16. The van der Waals surface area contributed by atoms with Crippen molar-refractivity contribution in [2.24, 2.45) is 0 Å². The van der Waals surface area contributed by atoms with Crippen molar-refractivity contribution in [3.8, 4) is 5.75 Å². The molecule has 0 spiro atoms. The summed E-state index contributed by atoms with van der Waals surface area (Å²) in [5, 5.41) is 0. The highest BCUT2D eigenvalue weighted by Crippen LogP contribution is 2.49. The summed E-state index contributed by atoms with van der Waals surface area (Å²) in [6.07, 6.45) is 1.14. The third kappa shape index (κ3) is 2.37. The molecule has 0 fully saturated rings. The van der Waals surface area contributed by atoms with Gasteiger partial charge in [-0.15, -0.1) is 0 Å². The van der Waals surface area contributed by atoms with Crippen molar-refractivity contribution in [2.45, 2.75) is 31.0 Å². The van der Waals surface area contributed by atoms with E-state index in [2.05, 4.69) is 65.3 Å². The summed E-state index contributed by atoms with van der Waals surface area (Å²) in [5.74, 6) is 1.55. The summed E-state index contributed by atoms with van der Waals surface area (Å²) in [7, 11) is 0. The Bertz CT molecular complexity index is 621. The Balaban J connectivity index is 1.92. The maximum atomic E-state index is 5.79. The van der Waals surface area contributed by atoms with E-state index >= 15 is 0 Å². The number of alkyl halides is 1. The molecule has 1 aliphatic rings. The first-order valence-corrected chi connectivity index (χ1v) is 8.07. The zero-order valence-corrected chi connectivity index (χ0v) is 13.5. The normalized spacial score (nSPS) is 18.1. The van der Waals surface area contributed by atoms with Gasteiger partial charge in [0.1, 0.15) is 5.75 Å². The van der Waals surface area contributed by atoms with E-state index in [1.165, 1.54) is 22.3 Å². The van der Waals surface area contributed by atoms with E-state index in [9.17, 15) is 0 Å². The highest BCUT2D eigenvalue weighted by atomic mass is 79.9. The van der Waals surface area contributed by atoms with E-state index in [-0.39, 0.29) is 0 Å². The molecule has 0 saturated heterocycles. The predicted octanol–water partition coefficient (Wildman–Crippen LogP) is 5.17. The summed E-state index contributed by atoms with van der Waals surface area (Å²) in [5.41, 5.74) is 5.50. The van der Waals surface area contributed by atoms with Gasteiger partial charge in [0.25, 0.3) is 0 Å². The van der Waals surface area contributed by atoms with Gasteiger partial charge in [-0.2, -0.15) is 0 Å². The van der Waals surface area contributed by atoms with E-state index in [0.29, 0.717) is 17.4 Å². The van der Waals surface area contributed by atoms with Gasteiger partial charge >= 0.3 is 0 Å². The predicted molar refractivity (Wildman–Crippen MR) is 86.9 cm³/mol. The Morgan fingerprint density at radius 1 is 1.25 bits per heavy atom. The van der Waals surface area contributed by atoms with Crippen LogP contribution in [-0.4, -0.2) is 6.61 Å². The summed E-state index contributed by atoms with van der Waals surface area (Å²) in [6.45, 7) is 4.87. The minimum atomic E-state index is 0.318. The lowest BCUT2D eigenvalue weighted by atomic mass is 9.74. The van der Waals surface area contributed by atoms with Crippen molar-refractivity contribution in [3.05, 3.63) is 64.7 Å². The molecular weight excluding hydrogens is 312 g/mol. The molecule has 0 bridgehead atoms. The molecule has 0 heterocycles. The second-order valence-electron chi connectivity index (χ2n) is 5.39. The van der Waals surface area contributed by atoms with Crippen LogP contribution in [0.2, 0.25) is 0 Å². The van der Waals surface area contributed by atoms with Crippen LogP contribution in [0.5, 0.6) is 5.75 Å². The van der Waals surface area contributed by atoms with Crippen molar-refractivity contribution in [1.82, 2.24) is 0 Å². The van der Waals surface area contributed by atoms with Crippen LogP contribution in [-0.2, 0) is 6.42 Å². The fourth-order valence-electron chi connectivity index (χ4n) is 2.95. The molecule has 0 N–H and O–H groups in total. The number of benzene rings is 2. The third-order valence-electron chi connectivity index (χ3n) is 4.01. The van der Waals surface area contributed by atoms with Crippen molar-refractivity contribution in [2.75, 3.05) is 6.61 Å². The molecule has 2 unspecified atom stereocenters. The third-order valence-corrected chi connectivity index (χ3v) is 5.14. The summed E-state index contributed by atoms with van der Waals surface area (Å²) in [4.78, 5) is 0.318. The molecule has 1 aliphatic carbocycles. The summed E-state index contributed by atoms with van der Waals surface area (Å²) < 4.78 is 5.79. The molecule has 0 amide bonds. The minimum Gasteiger partial charge on any atom is -0.494 e. The Morgan fingerprint density at radius 3 is 2.80 bits per heavy atom. The lowest BCUT2D eigenvalue weighted by molar-refractivity contribution is 0.335. The number of hydrogen-bond donors (Lipinski definition) is 0. The van der Waals surface area contributed by atoms with Crippen LogP contribution in [0.15, 0.2) is 42.5 Å². The van der Waals surface area contributed by atoms with Gasteiger partial charge in [0.2, 0.25) is 0 Å². The molecule has 0 aliphatic heterocycles. The molecular formula is C18H19BrO. The number of halogens is 1. The number of hydrogen-bond acceptors (Lipinski definition) is 1. The SMILES string of the molecule is CCOc1ccc(C)cc1C(Br)C1Cc2ccccc21. The molecule has 2 aromatic carbocycles. The number of fused-ring (bicyclic) bond motifs is 1. The van der Waals surface area contributed by atoms with Crippen LogP contribution in [0, 0.1) is 6.92 Å². The van der Waals surface area contributed by atoms with Gasteiger partial charge < -0.3 is 4.74 Å². The highest BCUT2D eigenvalue weighted by molar-refractivity contribution is 9.09. The molecule has 2 aromatic rings. The maximum absolute atomic E-state index is 5.79. The molecule has 104 valence electrons. The smallest absolute Gasteiger partial charge is 0.123 e. The fraction of sp³-hybridized carbons (Fsp3) is 0.333. The van der Waals surface area contributed by atoms with Crippen LogP contribution in [0.4, 0.5) is 0 Å². The Hall–Kier alpha value is -1.28. The Kier molecular flexibility index (Phi) is 3.84. The van der Waals surface area contributed by atoms with Crippen LogP contribution in [0.25, 0.3) is 0 Å². The summed E-state index contributed by atoms with van der Waals surface area (Å²) >= 11 is 3.91. The van der Waals surface area contributed by atoms with Crippen LogP contribution in [0.3, 0.4) is 0 Å². The zero-order valence-electron chi connectivity index (χ0n) is 11.9. The van der Waals surface area contributed by atoms with Crippen molar-refractivity contribution >= 4 is 15.9 Å². The van der Waals surface area contributed by atoms with Gasteiger partial charge in [-0.05, 0) is 37.5 Å². The molecule has 0 saturated carbocycles. The quantitative estimate of drug-likeness (QED) is 0.702. The maximum Gasteiger partial charge on any atom is 0.123 e. The molecule has 0 aromatic heterocycles. The standard InChI is InChI=1S/C18H19BrO/c1-3-20-17-9-8-12(2)10-16(17)18(19)15-11-13-6-4-5-7-14(13)15/h4-10,15,18H,3,11H2,1-2H3. The Labute approximate surface area is 129 Å². The average Bonchev–Trinajstić information content (AvgIpc) is 2.42. The zero-order chi connectivity index (χ0) is 14.1. The lowest BCUT2D eigenvalue weighted by Crippen LogP contribution is -2.21. The second kappa shape index (κ2) is 5.61. The van der Waals surface area contributed by atoms with Gasteiger partial charge in [-0.25, -0.2) is 0 Å². The molecule has 2 atom stereocenters. The average molecular weight is 331 g/mol. The van der Waals surface area contributed by atoms with Crippen molar-refractivity contribution < 1.29 is 4.74 Å². The number of rotatable bonds is 4. The summed E-state index contributed by atoms with van der Waals surface area (Å²) in [6, 6.07) is 15.2. The first-order chi connectivity index (χ1) is 9.70. The van der Waals surface area contributed by atoms with Crippen LogP contribution >= 0.6 is 15.9 Å². The topological polar surface area (TPSA) is 9.23 Å².